The van der Waals surface area contributed by atoms with Crippen LogP contribution in [0, 0.1) is 5.92 Å². The van der Waals surface area contributed by atoms with Crippen molar-refractivity contribution in [3.05, 3.63) is 33.3 Å². The highest BCUT2D eigenvalue weighted by molar-refractivity contribution is 9.10. The summed E-state index contributed by atoms with van der Waals surface area (Å²) in [6.07, 6.45) is 6.38. The summed E-state index contributed by atoms with van der Waals surface area (Å²) in [5.41, 5.74) is 1.26. The van der Waals surface area contributed by atoms with E-state index in [9.17, 15) is 0 Å². The summed E-state index contributed by atoms with van der Waals surface area (Å²) in [6.45, 7) is 0. The highest BCUT2D eigenvalue weighted by Gasteiger charge is 2.28. The standard InChI is InChI=1S/C13H15Br2Cl/c14-11-7-6-10(13(16)8-11)2-1-3-12(15)9-4-5-9/h6-9,12H,1-5H2. The lowest BCUT2D eigenvalue weighted by Crippen LogP contribution is -2.01. The first kappa shape index (κ1) is 12.9. The fourth-order valence-corrected chi connectivity index (χ4v) is 3.53. The summed E-state index contributed by atoms with van der Waals surface area (Å²) in [4.78, 5) is 0.724. The number of aryl methyl sites for hydroxylation is 1. The van der Waals surface area contributed by atoms with Crippen molar-refractivity contribution in [2.75, 3.05) is 0 Å². The zero-order valence-electron chi connectivity index (χ0n) is 9.06. The minimum atomic E-state index is 0.724. The van der Waals surface area contributed by atoms with Gasteiger partial charge in [0.05, 0.1) is 0 Å². The molecule has 0 nitrogen and oxygen atoms in total. The van der Waals surface area contributed by atoms with E-state index in [-0.39, 0.29) is 0 Å². The third-order valence-corrected chi connectivity index (χ3v) is 5.13. The normalized spacial score (nSPS) is 17.4. The molecule has 3 heteroatoms. The number of hydrogen-bond donors (Lipinski definition) is 0. The van der Waals surface area contributed by atoms with Gasteiger partial charge in [0, 0.05) is 14.3 Å². The van der Waals surface area contributed by atoms with Crippen LogP contribution in [0.5, 0.6) is 0 Å². The van der Waals surface area contributed by atoms with Crippen molar-refractivity contribution in [1.29, 1.82) is 0 Å². The predicted octanol–water partition coefficient (Wildman–Crippen LogP) is 5.60. The summed E-state index contributed by atoms with van der Waals surface area (Å²) in [5, 5.41) is 0.881. The van der Waals surface area contributed by atoms with E-state index >= 15 is 0 Å². The molecule has 1 atom stereocenters. The van der Waals surface area contributed by atoms with E-state index in [4.69, 9.17) is 11.6 Å². The molecular formula is C13H15Br2Cl. The smallest absolute Gasteiger partial charge is 0.0449 e. The van der Waals surface area contributed by atoms with Crippen LogP contribution in [0.3, 0.4) is 0 Å². The molecule has 0 aromatic heterocycles. The van der Waals surface area contributed by atoms with Gasteiger partial charge in [0.2, 0.25) is 0 Å². The van der Waals surface area contributed by atoms with Crippen LogP contribution < -0.4 is 0 Å². The molecule has 1 unspecified atom stereocenters. The SMILES string of the molecule is Clc1cc(Br)ccc1CCCC(Br)C1CC1. The van der Waals surface area contributed by atoms with E-state index in [0.29, 0.717) is 0 Å². The third-order valence-electron chi connectivity index (χ3n) is 3.07. The number of halogens is 3. The maximum atomic E-state index is 6.18. The summed E-state index contributed by atoms with van der Waals surface area (Å²) >= 11 is 13.4. The number of hydrogen-bond acceptors (Lipinski definition) is 0. The predicted molar refractivity (Wildman–Crippen MR) is 77.5 cm³/mol. The van der Waals surface area contributed by atoms with Crippen molar-refractivity contribution in [2.24, 2.45) is 5.92 Å². The topological polar surface area (TPSA) is 0 Å². The van der Waals surface area contributed by atoms with Crippen LogP contribution in [0.15, 0.2) is 22.7 Å². The van der Waals surface area contributed by atoms with Crippen molar-refractivity contribution in [1.82, 2.24) is 0 Å². The van der Waals surface area contributed by atoms with Crippen molar-refractivity contribution in [2.45, 2.75) is 36.9 Å². The van der Waals surface area contributed by atoms with Gasteiger partial charge in [-0.2, -0.15) is 0 Å². The van der Waals surface area contributed by atoms with E-state index < -0.39 is 0 Å². The van der Waals surface area contributed by atoms with Crippen LogP contribution in [-0.4, -0.2) is 4.83 Å². The third kappa shape index (κ3) is 3.75. The largest absolute Gasteiger partial charge is 0.0888 e. The highest BCUT2D eigenvalue weighted by atomic mass is 79.9. The number of benzene rings is 1. The van der Waals surface area contributed by atoms with E-state index in [1.54, 1.807) is 0 Å². The number of rotatable bonds is 5. The molecule has 16 heavy (non-hydrogen) atoms. The van der Waals surface area contributed by atoms with Crippen molar-refractivity contribution in [3.63, 3.8) is 0 Å². The van der Waals surface area contributed by atoms with E-state index in [1.165, 1.54) is 31.2 Å². The van der Waals surface area contributed by atoms with Gasteiger partial charge < -0.3 is 0 Å². The summed E-state index contributed by atoms with van der Waals surface area (Å²) < 4.78 is 1.05. The van der Waals surface area contributed by atoms with Gasteiger partial charge in [0.25, 0.3) is 0 Å². The van der Waals surface area contributed by atoms with E-state index in [0.717, 1.165) is 26.7 Å². The Kier molecular flexibility index (Phi) is 4.75. The van der Waals surface area contributed by atoms with Crippen molar-refractivity contribution >= 4 is 43.5 Å². The average Bonchev–Trinajstić information content (AvgIpc) is 3.04. The Balaban J connectivity index is 1.80. The number of alkyl halides is 1. The minimum Gasteiger partial charge on any atom is -0.0888 e. The maximum absolute atomic E-state index is 6.18. The van der Waals surface area contributed by atoms with Gasteiger partial charge in [0.1, 0.15) is 0 Å². The summed E-state index contributed by atoms with van der Waals surface area (Å²) in [5.74, 6) is 0.945. The second-order valence-electron chi connectivity index (χ2n) is 4.48. The lowest BCUT2D eigenvalue weighted by Gasteiger charge is -2.08. The van der Waals surface area contributed by atoms with Gasteiger partial charge in [-0.05, 0) is 55.7 Å². The highest BCUT2D eigenvalue weighted by Crippen LogP contribution is 2.38. The van der Waals surface area contributed by atoms with Crippen LogP contribution in [-0.2, 0) is 6.42 Å². The second-order valence-corrected chi connectivity index (χ2v) is 6.98. The molecule has 0 saturated heterocycles. The Bertz CT molecular complexity index is 361. The summed E-state index contributed by atoms with van der Waals surface area (Å²) in [6, 6.07) is 6.16. The molecule has 0 bridgehead atoms. The molecule has 0 heterocycles. The zero-order chi connectivity index (χ0) is 11.5. The molecule has 2 rings (SSSR count). The molecule has 1 fully saturated rings. The van der Waals surface area contributed by atoms with Gasteiger partial charge in [-0.15, -0.1) is 0 Å². The molecule has 0 aliphatic heterocycles. The lowest BCUT2D eigenvalue weighted by atomic mass is 10.1. The van der Waals surface area contributed by atoms with Crippen LogP contribution in [0.1, 0.15) is 31.2 Å². The maximum Gasteiger partial charge on any atom is 0.0449 e. The Hall–Kier alpha value is 0.470. The fourth-order valence-electron chi connectivity index (χ4n) is 1.91. The van der Waals surface area contributed by atoms with E-state index in [1.807, 2.05) is 6.07 Å². The molecule has 1 aromatic carbocycles. The Morgan fingerprint density at radius 2 is 2.12 bits per heavy atom. The molecule has 0 radical (unpaired) electrons. The Morgan fingerprint density at radius 3 is 2.75 bits per heavy atom. The van der Waals surface area contributed by atoms with E-state index in [2.05, 4.69) is 44.0 Å². The fraction of sp³-hybridized carbons (Fsp3) is 0.538. The monoisotopic (exact) mass is 364 g/mol. The van der Waals surface area contributed by atoms with Gasteiger partial charge in [-0.1, -0.05) is 49.5 Å². The lowest BCUT2D eigenvalue weighted by molar-refractivity contribution is 0.654. The van der Waals surface area contributed by atoms with Gasteiger partial charge in [0.15, 0.2) is 0 Å². The van der Waals surface area contributed by atoms with Gasteiger partial charge in [-0.25, -0.2) is 0 Å². The van der Waals surface area contributed by atoms with Crippen molar-refractivity contribution < 1.29 is 0 Å². The van der Waals surface area contributed by atoms with Crippen LogP contribution in [0.4, 0.5) is 0 Å². The van der Waals surface area contributed by atoms with Crippen molar-refractivity contribution in [3.8, 4) is 0 Å². The van der Waals surface area contributed by atoms with Crippen LogP contribution in [0.25, 0.3) is 0 Å². The Labute approximate surface area is 119 Å². The zero-order valence-corrected chi connectivity index (χ0v) is 13.0. The molecule has 0 amide bonds. The molecule has 0 spiro atoms. The quantitative estimate of drug-likeness (QED) is 0.595. The van der Waals surface area contributed by atoms with Gasteiger partial charge in [-0.3, -0.25) is 0 Å². The summed E-state index contributed by atoms with van der Waals surface area (Å²) in [7, 11) is 0. The van der Waals surface area contributed by atoms with Gasteiger partial charge >= 0.3 is 0 Å². The first-order valence-corrected chi connectivity index (χ1v) is 7.83. The molecule has 1 aliphatic carbocycles. The minimum absolute atomic E-state index is 0.724. The first-order chi connectivity index (χ1) is 7.66. The van der Waals surface area contributed by atoms with Crippen LogP contribution >= 0.6 is 43.5 Å². The molecular weight excluding hydrogens is 351 g/mol. The average molecular weight is 367 g/mol. The molecule has 0 N–H and O–H groups in total. The van der Waals surface area contributed by atoms with Crippen LogP contribution in [0.2, 0.25) is 5.02 Å². The molecule has 1 aliphatic rings. The molecule has 88 valence electrons. The molecule has 1 aromatic rings. The first-order valence-electron chi connectivity index (χ1n) is 5.75. The second kappa shape index (κ2) is 5.88. The molecule has 1 saturated carbocycles. The Morgan fingerprint density at radius 1 is 1.38 bits per heavy atom.